The average molecular weight is 332 g/mol. The van der Waals surface area contributed by atoms with Gasteiger partial charge in [-0.3, -0.25) is 4.79 Å². The van der Waals surface area contributed by atoms with Gasteiger partial charge < -0.3 is 5.73 Å². The normalized spacial score (nSPS) is 14.7. The molecule has 0 spiro atoms. The Labute approximate surface area is 128 Å². The predicted octanol–water partition coefficient (Wildman–Crippen LogP) is 3.93. The van der Waals surface area contributed by atoms with Crippen LogP contribution < -0.4 is 5.73 Å². The van der Waals surface area contributed by atoms with E-state index in [0.717, 1.165) is 11.1 Å². The molecule has 1 aromatic carbocycles. The highest BCUT2D eigenvalue weighted by Gasteiger charge is 2.27. The molecule has 1 aromatic rings. The largest absolute Gasteiger partial charge is 0.366 e. The summed E-state index contributed by atoms with van der Waals surface area (Å²) in [5, 5.41) is -0.229. The lowest BCUT2D eigenvalue weighted by molar-refractivity contribution is 0.0999. The van der Waals surface area contributed by atoms with Crippen molar-refractivity contribution in [1.82, 2.24) is 0 Å². The zero-order valence-electron chi connectivity index (χ0n) is 11.6. The summed E-state index contributed by atoms with van der Waals surface area (Å²) >= 11 is 13.1. The first-order valence-electron chi connectivity index (χ1n) is 6.08. The number of carbonyl (C=O) groups excluding carboxylic acids is 1. The Kier molecular flexibility index (Phi) is 6.11. The zero-order valence-corrected chi connectivity index (χ0v) is 15.1. The van der Waals surface area contributed by atoms with Crippen LogP contribution in [0.5, 0.6) is 0 Å². The van der Waals surface area contributed by atoms with Crippen LogP contribution in [-0.2, 0) is 0 Å². The molecule has 0 aromatic heterocycles. The fourth-order valence-corrected chi connectivity index (χ4v) is 4.11. The number of hydrogen-bond donors (Lipinski definition) is 1. The number of halogens is 2. The Bertz CT molecular complexity index is 466. The zero-order chi connectivity index (χ0) is 14.7. The van der Waals surface area contributed by atoms with Crippen LogP contribution >= 0.6 is 23.2 Å². The number of primary amides is 1. The molecule has 0 bridgehead atoms. The number of amides is 1. The summed E-state index contributed by atoms with van der Waals surface area (Å²) in [4.78, 5) is 11.6. The van der Waals surface area contributed by atoms with Gasteiger partial charge >= 0.3 is 0 Å². The van der Waals surface area contributed by atoms with E-state index in [0.29, 0.717) is 5.56 Å². The Morgan fingerprint density at radius 2 is 1.63 bits per heavy atom. The molecule has 0 saturated heterocycles. The molecule has 0 aliphatic carbocycles. The smallest absolute Gasteiger partial charge is 0.249 e. The van der Waals surface area contributed by atoms with Crippen LogP contribution in [0.4, 0.5) is 0 Å². The number of rotatable bonds is 5. The molecule has 0 aliphatic rings. The molecule has 1 rings (SSSR count). The molecular formula is C13H19Cl2NOSi2. The van der Waals surface area contributed by atoms with Gasteiger partial charge in [0.1, 0.15) is 0 Å². The topological polar surface area (TPSA) is 43.1 Å². The van der Waals surface area contributed by atoms with Gasteiger partial charge in [0.15, 0.2) is 0 Å². The summed E-state index contributed by atoms with van der Waals surface area (Å²) in [6.45, 7) is 8.54. The van der Waals surface area contributed by atoms with Gasteiger partial charge in [0, 0.05) is 15.6 Å². The minimum Gasteiger partial charge on any atom is -0.366 e. The monoisotopic (exact) mass is 331 g/mol. The molecule has 2 unspecified atom stereocenters. The van der Waals surface area contributed by atoms with Crippen molar-refractivity contribution >= 4 is 46.7 Å². The van der Waals surface area contributed by atoms with Crippen LogP contribution in [0.25, 0.3) is 0 Å². The van der Waals surface area contributed by atoms with Crippen molar-refractivity contribution in [3.63, 3.8) is 0 Å². The molecule has 2 radical (unpaired) electrons. The lowest BCUT2D eigenvalue weighted by Gasteiger charge is -2.23. The van der Waals surface area contributed by atoms with Gasteiger partial charge in [-0.1, -0.05) is 38.3 Å². The number of alkyl halides is 2. The van der Waals surface area contributed by atoms with E-state index in [2.05, 4.69) is 26.2 Å². The number of carbonyl (C=O) groups is 1. The Hall–Kier alpha value is -0.296. The highest BCUT2D eigenvalue weighted by atomic mass is 35.5. The van der Waals surface area contributed by atoms with Crippen LogP contribution in [-0.4, -0.2) is 23.5 Å². The molecular weight excluding hydrogens is 313 g/mol. The van der Waals surface area contributed by atoms with Crippen molar-refractivity contribution in [3.05, 3.63) is 34.9 Å². The molecule has 19 heavy (non-hydrogen) atoms. The third kappa shape index (κ3) is 3.84. The van der Waals surface area contributed by atoms with E-state index < -0.39 is 23.5 Å². The lowest BCUT2D eigenvalue weighted by atomic mass is 10.0. The second kappa shape index (κ2) is 6.93. The minimum absolute atomic E-state index is 0.0677. The molecule has 0 aliphatic heterocycles. The summed E-state index contributed by atoms with van der Waals surface area (Å²) in [5.74, 6) is -0.435. The Morgan fingerprint density at radius 1 is 1.11 bits per heavy atom. The number of nitrogens with two attached hydrogens (primary N) is 1. The van der Waals surface area contributed by atoms with E-state index in [4.69, 9.17) is 28.9 Å². The molecule has 2 N–H and O–H groups in total. The molecule has 104 valence electrons. The van der Waals surface area contributed by atoms with Gasteiger partial charge in [0.05, 0.1) is 17.6 Å². The fraction of sp³-hybridized carbons (Fsp3) is 0.462. The molecule has 2 nitrogen and oxygen atoms in total. The van der Waals surface area contributed by atoms with Crippen molar-refractivity contribution < 1.29 is 4.79 Å². The fourth-order valence-electron chi connectivity index (χ4n) is 1.90. The van der Waals surface area contributed by atoms with Crippen molar-refractivity contribution in [2.75, 3.05) is 0 Å². The van der Waals surface area contributed by atoms with Crippen LogP contribution in [0.15, 0.2) is 18.2 Å². The van der Waals surface area contributed by atoms with Crippen LogP contribution in [0, 0.1) is 0 Å². The lowest BCUT2D eigenvalue weighted by Crippen LogP contribution is -2.23. The maximum atomic E-state index is 11.6. The van der Waals surface area contributed by atoms with Crippen LogP contribution in [0.1, 0.15) is 31.5 Å². The summed E-state index contributed by atoms with van der Waals surface area (Å²) in [7, 11) is -1.51. The van der Waals surface area contributed by atoms with Crippen LogP contribution in [0.2, 0.25) is 26.2 Å². The van der Waals surface area contributed by atoms with Crippen LogP contribution in [0.3, 0.4) is 0 Å². The van der Waals surface area contributed by atoms with E-state index in [-0.39, 0.29) is 10.0 Å². The Balaban J connectivity index is 3.46. The SMILES string of the molecule is C[Si](C)C(Cl)c1cccc(C(N)=O)c1C(Cl)[Si](C)C. The highest BCUT2D eigenvalue weighted by Crippen LogP contribution is 2.36. The van der Waals surface area contributed by atoms with E-state index >= 15 is 0 Å². The molecule has 0 heterocycles. The molecule has 6 heteroatoms. The predicted molar refractivity (Wildman–Crippen MR) is 87.1 cm³/mol. The van der Waals surface area contributed by atoms with Gasteiger partial charge in [0.25, 0.3) is 0 Å². The quantitative estimate of drug-likeness (QED) is 0.644. The first-order valence-corrected chi connectivity index (χ1v) is 12.1. The molecule has 1 amide bonds. The van der Waals surface area contributed by atoms with E-state index in [1.54, 1.807) is 6.07 Å². The summed E-state index contributed by atoms with van der Waals surface area (Å²) < 4.78 is 0. The average Bonchev–Trinajstić information content (AvgIpc) is 2.35. The van der Waals surface area contributed by atoms with E-state index in [9.17, 15) is 4.79 Å². The number of hydrogen-bond acceptors (Lipinski definition) is 1. The summed E-state index contributed by atoms with van der Waals surface area (Å²) in [5.41, 5.74) is 7.81. The highest BCUT2D eigenvalue weighted by molar-refractivity contribution is 6.68. The van der Waals surface area contributed by atoms with Crippen molar-refractivity contribution in [2.24, 2.45) is 5.73 Å². The maximum absolute atomic E-state index is 11.6. The standard InChI is InChI=1S/C13H19Cl2NOSi2/c1-18(2)11(14)8-6-5-7-9(13(16)17)10(8)12(15)19(3)4/h5-7,11-12H,1-4H3,(H2,16,17). The van der Waals surface area contributed by atoms with Gasteiger partial charge in [-0.25, -0.2) is 0 Å². The second-order valence-electron chi connectivity index (χ2n) is 5.05. The first kappa shape index (κ1) is 16.8. The third-order valence-electron chi connectivity index (χ3n) is 2.95. The van der Waals surface area contributed by atoms with Gasteiger partial charge in [-0.15, -0.1) is 23.2 Å². The van der Waals surface area contributed by atoms with Crippen molar-refractivity contribution in [1.29, 1.82) is 0 Å². The molecule has 0 saturated carbocycles. The maximum Gasteiger partial charge on any atom is 0.249 e. The minimum atomic E-state index is -0.790. The van der Waals surface area contributed by atoms with Crippen molar-refractivity contribution in [3.8, 4) is 0 Å². The molecule has 2 atom stereocenters. The molecule has 0 fully saturated rings. The van der Waals surface area contributed by atoms with Gasteiger partial charge in [-0.2, -0.15) is 0 Å². The first-order chi connectivity index (χ1) is 8.77. The van der Waals surface area contributed by atoms with Crippen molar-refractivity contribution in [2.45, 2.75) is 36.2 Å². The summed E-state index contributed by atoms with van der Waals surface area (Å²) in [6.07, 6.45) is 0. The van der Waals surface area contributed by atoms with E-state index in [1.807, 2.05) is 12.1 Å². The second-order valence-corrected chi connectivity index (χ2v) is 12.1. The number of benzene rings is 1. The van der Waals surface area contributed by atoms with E-state index in [1.165, 1.54) is 0 Å². The Morgan fingerprint density at radius 3 is 2.05 bits per heavy atom. The third-order valence-corrected chi connectivity index (χ3v) is 8.64. The van der Waals surface area contributed by atoms with Gasteiger partial charge in [0.2, 0.25) is 5.91 Å². The summed E-state index contributed by atoms with van der Waals surface area (Å²) in [6, 6.07) is 5.54. The van der Waals surface area contributed by atoms with Gasteiger partial charge in [-0.05, 0) is 17.2 Å².